The summed E-state index contributed by atoms with van der Waals surface area (Å²) in [5.74, 6) is 0.191. The summed E-state index contributed by atoms with van der Waals surface area (Å²) in [5.41, 5.74) is 8.88. The fourth-order valence-corrected chi connectivity index (χ4v) is 1.68. The molecule has 2 N–H and O–H groups in total. The third-order valence-electron chi connectivity index (χ3n) is 2.81. The second-order valence-corrected chi connectivity index (χ2v) is 4.51. The van der Waals surface area contributed by atoms with Gasteiger partial charge in [-0.3, -0.25) is 4.99 Å². The number of rotatable bonds is 2. The summed E-state index contributed by atoms with van der Waals surface area (Å²) in [7, 11) is 3.07. The lowest BCUT2D eigenvalue weighted by molar-refractivity contribution is 0.0600. The van der Waals surface area contributed by atoms with Gasteiger partial charge in [0.05, 0.1) is 23.9 Å². The summed E-state index contributed by atoms with van der Waals surface area (Å²) in [6.45, 7) is 7.81. The first-order valence-corrected chi connectivity index (χ1v) is 7.63. The smallest absolute Gasteiger partial charge is 0.337 e. The van der Waals surface area contributed by atoms with Crippen molar-refractivity contribution in [3.63, 3.8) is 0 Å². The Kier molecular flexibility index (Phi) is 10.4. The lowest BCUT2D eigenvalue weighted by Crippen LogP contribution is -2.01. The van der Waals surface area contributed by atoms with E-state index < -0.39 is 0 Å². The van der Waals surface area contributed by atoms with E-state index in [2.05, 4.69) is 19.7 Å². The van der Waals surface area contributed by atoms with Gasteiger partial charge in [0.2, 0.25) is 0 Å². The Labute approximate surface area is 143 Å². The van der Waals surface area contributed by atoms with E-state index in [9.17, 15) is 4.79 Å². The third kappa shape index (κ3) is 7.00. The summed E-state index contributed by atoms with van der Waals surface area (Å²) in [6, 6.07) is 7.30. The fraction of sp³-hybridized carbons (Fsp3) is 0.333. The largest absolute Gasteiger partial charge is 0.465 e. The maximum atomic E-state index is 10.9. The molecule has 0 spiro atoms. The van der Waals surface area contributed by atoms with Crippen molar-refractivity contribution in [2.45, 2.75) is 27.7 Å². The van der Waals surface area contributed by atoms with Crippen molar-refractivity contribution < 1.29 is 9.53 Å². The normalized spacial score (nSPS) is 9.42. The zero-order valence-electron chi connectivity index (χ0n) is 15.2. The number of aryl methyl sites for hydroxylation is 2. The zero-order chi connectivity index (χ0) is 18.5. The Bertz CT molecular complexity index is 650. The molecule has 130 valence electrons. The van der Waals surface area contributed by atoms with Gasteiger partial charge in [0.15, 0.2) is 0 Å². The summed E-state index contributed by atoms with van der Waals surface area (Å²) in [5, 5.41) is 0. The van der Waals surface area contributed by atoms with Crippen LogP contribution < -0.4 is 5.73 Å². The van der Waals surface area contributed by atoms with E-state index in [1.165, 1.54) is 13.4 Å². The summed E-state index contributed by atoms with van der Waals surface area (Å²) < 4.78 is 4.55. The molecular formula is C18H26N4O2. The molecule has 2 rings (SSSR count). The van der Waals surface area contributed by atoms with Gasteiger partial charge in [-0.1, -0.05) is 31.5 Å². The van der Waals surface area contributed by atoms with Crippen LogP contribution in [0.2, 0.25) is 0 Å². The number of benzene rings is 1. The SMILES string of the molecule is CC.CN=Cc1c(C)ncnc1N.COC(=O)c1cccc(C)c1. The monoisotopic (exact) mass is 330 g/mol. The number of hydrogen-bond acceptors (Lipinski definition) is 6. The molecule has 0 aliphatic heterocycles. The number of anilines is 1. The maximum absolute atomic E-state index is 10.9. The third-order valence-corrected chi connectivity index (χ3v) is 2.81. The second kappa shape index (κ2) is 11.8. The molecule has 1 heterocycles. The Hall–Kier alpha value is -2.76. The van der Waals surface area contributed by atoms with Gasteiger partial charge in [0, 0.05) is 13.3 Å². The van der Waals surface area contributed by atoms with Crippen LogP contribution in [-0.2, 0) is 4.74 Å². The van der Waals surface area contributed by atoms with Crippen LogP contribution in [0.25, 0.3) is 0 Å². The van der Waals surface area contributed by atoms with E-state index in [1.54, 1.807) is 25.4 Å². The number of aromatic nitrogens is 2. The molecule has 6 nitrogen and oxygen atoms in total. The number of hydrogen-bond donors (Lipinski definition) is 1. The Morgan fingerprint density at radius 1 is 1.25 bits per heavy atom. The van der Waals surface area contributed by atoms with Crippen LogP contribution >= 0.6 is 0 Å². The number of methoxy groups -OCH3 is 1. The van der Waals surface area contributed by atoms with Crippen molar-refractivity contribution in [3.05, 3.63) is 53.0 Å². The van der Waals surface area contributed by atoms with Gasteiger partial charge in [-0.25, -0.2) is 14.8 Å². The fourth-order valence-electron chi connectivity index (χ4n) is 1.68. The Balaban J connectivity index is 0.000000400. The van der Waals surface area contributed by atoms with Crippen molar-refractivity contribution in [3.8, 4) is 0 Å². The molecular weight excluding hydrogens is 304 g/mol. The maximum Gasteiger partial charge on any atom is 0.337 e. The van der Waals surface area contributed by atoms with Gasteiger partial charge in [-0.15, -0.1) is 0 Å². The molecule has 0 bridgehead atoms. The number of nitrogens with two attached hydrogens (primary N) is 1. The van der Waals surface area contributed by atoms with E-state index in [-0.39, 0.29) is 5.97 Å². The van der Waals surface area contributed by atoms with Gasteiger partial charge < -0.3 is 10.5 Å². The predicted octanol–water partition coefficient (Wildman–Crippen LogP) is 3.22. The molecule has 24 heavy (non-hydrogen) atoms. The minimum atomic E-state index is -0.284. The van der Waals surface area contributed by atoms with Gasteiger partial charge in [-0.05, 0) is 26.0 Å². The highest BCUT2D eigenvalue weighted by molar-refractivity contribution is 5.89. The lowest BCUT2D eigenvalue weighted by atomic mass is 10.1. The number of nitrogens with zero attached hydrogens (tertiary/aromatic N) is 3. The molecule has 0 aliphatic rings. The molecule has 0 fully saturated rings. The lowest BCUT2D eigenvalue weighted by Gasteiger charge is -1.99. The first-order valence-electron chi connectivity index (χ1n) is 7.63. The molecule has 0 unspecified atom stereocenters. The average molecular weight is 330 g/mol. The topological polar surface area (TPSA) is 90.5 Å². The first-order chi connectivity index (χ1) is 11.5. The van der Waals surface area contributed by atoms with Crippen LogP contribution in [0, 0.1) is 13.8 Å². The number of aliphatic imine (C=N–C) groups is 1. The quantitative estimate of drug-likeness (QED) is 0.674. The van der Waals surface area contributed by atoms with Crippen LogP contribution in [-0.4, -0.2) is 36.3 Å². The molecule has 1 aromatic heterocycles. The molecule has 0 saturated carbocycles. The molecule has 2 aromatic rings. The van der Waals surface area contributed by atoms with Crippen LogP contribution in [0.3, 0.4) is 0 Å². The van der Waals surface area contributed by atoms with E-state index >= 15 is 0 Å². The standard InChI is InChI=1S/C9H10O2.C7H10N4.C2H6/c1-7-4-3-5-8(6-7)9(10)11-2;1-5-6(3-9-2)7(8)11-4-10-5;1-2/h3-6H,1-2H3;3-4H,1-2H3,(H2,8,10,11);1-2H3. The summed E-state index contributed by atoms with van der Waals surface area (Å²) >= 11 is 0. The van der Waals surface area contributed by atoms with E-state index in [1.807, 2.05) is 39.8 Å². The van der Waals surface area contributed by atoms with Gasteiger partial charge in [-0.2, -0.15) is 0 Å². The highest BCUT2D eigenvalue weighted by atomic mass is 16.5. The average Bonchev–Trinajstić information content (AvgIpc) is 2.60. The van der Waals surface area contributed by atoms with Crippen molar-refractivity contribution >= 4 is 18.0 Å². The van der Waals surface area contributed by atoms with Crippen LogP contribution in [0.4, 0.5) is 5.82 Å². The van der Waals surface area contributed by atoms with Crippen LogP contribution in [0.5, 0.6) is 0 Å². The second-order valence-electron chi connectivity index (χ2n) is 4.51. The number of carbonyl (C=O) groups is 1. The summed E-state index contributed by atoms with van der Waals surface area (Å²) in [6.07, 6.45) is 3.10. The van der Waals surface area contributed by atoms with E-state index in [4.69, 9.17) is 5.73 Å². The van der Waals surface area contributed by atoms with Crippen LogP contribution in [0.1, 0.15) is 41.0 Å². The van der Waals surface area contributed by atoms with Crippen molar-refractivity contribution in [1.29, 1.82) is 0 Å². The zero-order valence-corrected chi connectivity index (χ0v) is 15.2. The highest BCUT2D eigenvalue weighted by Crippen LogP contribution is 2.07. The predicted molar refractivity (Wildman–Crippen MR) is 98.6 cm³/mol. The van der Waals surface area contributed by atoms with Gasteiger partial charge in [0.25, 0.3) is 0 Å². The van der Waals surface area contributed by atoms with Gasteiger partial charge in [0.1, 0.15) is 12.1 Å². The van der Waals surface area contributed by atoms with Gasteiger partial charge >= 0.3 is 5.97 Å². The summed E-state index contributed by atoms with van der Waals surface area (Å²) in [4.78, 5) is 22.6. The van der Waals surface area contributed by atoms with E-state index in [0.29, 0.717) is 11.4 Å². The molecule has 0 radical (unpaired) electrons. The number of carbonyl (C=O) groups excluding carboxylic acids is 1. The van der Waals surface area contributed by atoms with Crippen LogP contribution in [0.15, 0.2) is 35.6 Å². The van der Waals surface area contributed by atoms with Crippen molar-refractivity contribution in [1.82, 2.24) is 9.97 Å². The van der Waals surface area contributed by atoms with Crippen molar-refractivity contribution in [2.24, 2.45) is 4.99 Å². The molecule has 6 heteroatoms. The number of ether oxygens (including phenoxy) is 1. The van der Waals surface area contributed by atoms with E-state index in [0.717, 1.165) is 16.8 Å². The number of nitrogen functional groups attached to an aromatic ring is 1. The highest BCUT2D eigenvalue weighted by Gasteiger charge is 2.02. The minimum absolute atomic E-state index is 0.284. The molecule has 0 atom stereocenters. The minimum Gasteiger partial charge on any atom is -0.465 e. The Morgan fingerprint density at radius 3 is 2.42 bits per heavy atom. The molecule has 0 aliphatic carbocycles. The molecule has 0 amide bonds. The number of esters is 1. The molecule has 1 aromatic carbocycles. The van der Waals surface area contributed by atoms with Crippen molar-refractivity contribution in [2.75, 3.05) is 19.9 Å². The Morgan fingerprint density at radius 2 is 1.92 bits per heavy atom. The molecule has 0 saturated heterocycles. The first kappa shape index (κ1) is 21.2.